The highest BCUT2D eigenvalue weighted by molar-refractivity contribution is 8.26. The number of aliphatic imine (C=N–C) groups is 1. The van der Waals surface area contributed by atoms with Gasteiger partial charge in [0, 0.05) is 23.6 Å². The molecule has 26 heavy (non-hydrogen) atoms. The smallest absolute Gasteiger partial charge is 0.266 e. The summed E-state index contributed by atoms with van der Waals surface area (Å²) in [5, 5.41) is 5.56. The Balaban J connectivity index is 1.37. The van der Waals surface area contributed by atoms with Gasteiger partial charge < -0.3 is 5.32 Å². The lowest BCUT2D eigenvalue weighted by atomic mass is 10.2. The number of unbranched alkanes of at least 4 members (excludes halogenated alkanes) is 2. The average molecular weight is 426 g/mol. The fourth-order valence-electron chi connectivity index (χ4n) is 2.52. The molecule has 0 bridgehead atoms. The highest BCUT2D eigenvalue weighted by Crippen LogP contribution is 2.33. The van der Waals surface area contributed by atoms with Crippen LogP contribution in [0, 0.1) is 0 Å². The molecule has 0 spiro atoms. The third-order valence-corrected chi connectivity index (χ3v) is 6.90. The van der Waals surface area contributed by atoms with Crippen molar-refractivity contribution in [2.45, 2.75) is 25.7 Å². The maximum atomic E-state index is 12.5. The molecule has 0 atom stereocenters. The summed E-state index contributed by atoms with van der Waals surface area (Å²) in [6.45, 7) is 1.39. The van der Waals surface area contributed by atoms with Gasteiger partial charge in [-0.1, -0.05) is 48.2 Å². The molecule has 0 aromatic carbocycles. The number of thiocarbonyl (C=S) groups is 1. The molecule has 1 aromatic rings. The first-order chi connectivity index (χ1) is 12.6. The van der Waals surface area contributed by atoms with Crippen LogP contribution >= 0.6 is 47.1 Å². The number of amidine groups is 1. The molecule has 0 radical (unpaired) electrons. The number of nitrogens with one attached hydrogen (secondary N) is 1. The lowest BCUT2D eigenvalue weighted by molar-refractivity contribution is -0.122. The predicted octanol–water partition coefficient (Wildman–Crippen LogP) is 3.73. The molecule has 1 fully saturated rings. The monoisotopic (exact) mass is 425 g/mol. The summed E-state index contributed by atoms with van der Waals surface area (Å²) >= 11 is 9.89. The van der Waals surface area contributed by atoms with E-state index in [9.17, 15) is 9.59 Å². The molecule has 5 nitrogen and oxygen atoms in total. The summed E-state index contributed by atoms with van der Waals surface area (Å²) in [5.74, 6) is 0.949. The van der Waals surface area contributed by atoms with Gasteiger partial charge in [0.2, 0.25) is 5.91 Å². The summed E-state index contributed by atoms with van der Waals surface area (Å²) in [7, 11) is 0. The van der Waals surface area contributed by atoms with Gasteiger partial charge in [-0.3, -0.25) is 19.5 Å². The zero-order valence-electron chi connectivity index (χ0n) is 14.1. The minimum Gasteiger partial charge on any atom is -0.305 e. The Morgan fingerprint density at radius 1 is 1.38 bits per heavy atom. The zero-order chi connectivity index (χ0) is 18.4. The van der Waals surface area contributed by atoms with Gasteiger partial charge in [0.05, 0.1) is 11.4 Å². The first kappa shape index (κ1) is 19.6. The van der Waals surface area contributed by atoms with Crippen molar-refractivity contribution >= 4 is 74.5 Å². The van der Waals surface area contributed by atoms with Crippen LogP contribution in [0.1, 0.15) is 30.6 Å². The summed E-state index contributed by atoms with van der Waals surface area (Å²) in [6.07, 6.45) is 4.90. The fourth-order valence-corrected chi connectivity index (χ4v) is 5.30. The van der Waals surface area contributed by atoms with Gasteiger partial charge in [-0.15, -0.1) is 11.3 Å². The molecular weight excluding hydrogens is 406 g/mol. The van der Waals surface area contributed by atoms with E-state index in [2.05, 4.69) is 10.3 Å². The zero-order valence-corrected chi connectivity index (χ0v) is 17.4. The largest absolute Gasteiger partial charge is 0.305 e. The van der Waals surface area contributed by atoms with Gasteiger partial charge in [0.25, 0.3) is 5.91 Å². The molecule has 0 saturated carbocycles. The number of nitrogens with zero attached hydrogens (tertiary/aromatic N) is 2. The molecule has 138 valence electrons. The van der Waals surface area contributed by atoms with Crippen LogP contribution in [0.2, 0.25) is 0 Å². The van der Waals surface area contributed by atoms with E-state index in [0.717, 1.165) is 41.6 Å². The predicted molar refractivity (Wildman–Crippen MR) is 116 cm³/mol. The second-order valence-electron chi connectivity index (χ2n) is 5.74. The van der Waals surface area contributed by atoms with Crippen molar-refractivity contribution in [1.82, 2.24) is 10.2 Å². The summed E-state index contributed by atoms with van der Waals surface area (Å²) < 4.78 is 0.617. The van der Waals surface area contributed by atoms with Crippen molar-refractivity contribution in [2.75, 3.05) is 18.8 Å². The van der Waals surface area contributed by atoms with Crippen LogP contribution in [-0.2, 0) is 9.59 Å². The highest BCUT2D eigenvalue weighted by Gasteiger charge is 2.31. The van der Waals surface area contributed by atoms with Gasteiger partial charge in [-0.2, -0.15) is 0 Å². The number of thiophene rings is 1. The molecule has 0 unspecified atom stereocenters. The third kappa shape index (κ3) is 5.42. The lowest BCUT2D eigenvalue weighted by Gasteiger charge is -2.14. The molecule has 1 saturated heterocycles. The van der Waals surface area contributed by atoms with Crippen LogP contribution in [0.15, 0.2) is 27.4 Å². The van der Waals surface area contributed by atoms with Gasteiger partial charge in [0.15, 0.2) is 5.17 Å². The van der Waals surface area contributed by atoms with Gasteiger partial charge in [-0.25, -0.2) is 0 Å². The molecule has 2 amide bonds. The van der Waals surface area contributed by atoms with Gasteiger partial charge in [0.1, 0.15) is 4.32 Å². The Labute approximate surface area is 170 Å². The van der Waals surface area contributed by atoms with E-state index in [1.807, 2.05) is 23.6 Å². The van der Waals surface area contributed by atoms with Gasteiger partial charge >= 0.3 is 0 Å². The SMILES string of the molecule is O=C(CCCCCN1C(=O)C(=Cc2cccs2)SC1=S)NC1=NCCS1. The van der Waals surface area contributed by atoms with Crippen molar-refractivity contribution in [2.24, 2.45) is 4.99 Å². The van der Waals surface area contributed by atoms with E-state index < -0.39 is 0 Å². The Morgan fingerprint density at radius 2 is 2.27 bits per heavy atom. The van der Waals surface area contributed by atoms with E-state index in [1.165, 1.54) is 11.8 Å². The van der Waals surface area contributed by atoms with E-state index in [0.29, 0.717) is 22.2 Å². The molecule has 1 N–H and O–H groups in total. The number of carbonyl (C=O) groups excluding carboxylic acids is 2. The number of carbonyl (C=O) groups is 2. The van der Waals surface area contributed by atoms with Crippen LogP contribution < -0.4 is 5.32 Å². The number of rotatable bonds is 7. The van der Waals surface area contributed by atoms with E-state index >= 15 is 0 Å². The molecule has 3 heterocycles. The number of hydrogen-bond donors (Lipinski definition) is 1. The Hall–Kier alpha value is -1.16. The van der Waals surface area contributed by atoms with E-state index in [-0.39, 0.29) is 11.8 Å². The standard InChI is InChI=1S/C17H19N3O2S4/c21-14(19-16-18-7-10-25-16)6-2-1-3-8-20-15(22)13(26-17(20)23)11-12-5-4-9-24-12/h4-5,9,11H,1-3,6-8,10H2,(H,18,19,21). The summed E-state index contributed by atoms with van der Waals surface area (Å²) in [5.41, 5.74) is 0. The van der Waals surface area contributed by atoms with Crippen molar-refractivity contribution in [1.29, 1.82) is 0 Å². The second-order valence-corrected chi connectivity index (χ2v) is 9.48. The third-order valence-electron chi connectivity index (χ3n) is 3.81. The normalized spacial score (nSPS) is 18.7. The fraction of sp³-hybridized carbons (Fsp3) is 0.412. The number of amides is 2. The average Bonchev–Trinajstić information content (AvgIpc) is 3.34. The maximum absolute atomic E-state index is 12.5. The minimum atomic E-state index is -0.0117. The Kier molecular flexibility index (Phi) is 7.30. The van der Waals surface area contributed by atoms with Crippen molar-refractivity contribution in [3.05, 3.63) is 27.3 Å². The molecule has 0 aliphatic carbocycles. The van der Waals surface area contributed by atoms with Crippen LogP contribution in [0.3, 0.4) is 0 Å². The maximum Gasteiger partial charge on any atom is 0.266 e. The molecular formula is C17H19N3O2S4. The molecule has 9 heteroatoms. The van der Waals surface area contributed by atoms with Crippen LogP contribution in [0.25, 0.3) is 6.08 Å². The van der Waals surface area contributed by atoms with Crippen LogP contribution in [-0.4, -0.2) is 45.0 Å². The lowest BCUT2D eigenvalue weighted by Crippen LogP contribution is -2.29. The molecule has 3 rings (SSSR count). The minimum absolute atomic E-state index is 0.0117. The molecule has 1 aromatic heterocycles. The van der Waals surface area contributed by atoms with Crippen molar-refractivity contribution in [3.63, 3.8) is 0 Å². The number of hydrogen-bond acceptors (Lipinski definition) is 7. The Morgan fingerprint density at radius 3 is 3.00 bits per heavy atom. The van der Waals surface area contributed by atoms with Crippen molar-refractivity contribution in [3.8, 4) is 0 Å². The second kappa shape index (κ2) is 9.68. The quantitative estimate of drug-likeness (QED) is 0.410. The molecule has 2 aliphatic rings. The van der Waals surface area contributed by atoms with E-state index in [4.69, 9.17) is 12.2 Å². The number of thioether (sulfide) groups is 2. The first-order valence-corrected chi connectivity index (χ1v) is 11.5. The van der Waals surface area contributed by atoms with Crippen LogP contribution in [0.4, 0.5) is 0 Å². The van der Waals surface area contributed by atoms with Crippen molar-refractivity contribution < 1.29 is 9.59 Å². The topological polar surface area (TPSA) is 61.8 Å². The van der Waals surface area contributed by atoms with Gasteiger partial charge in [-0.05, 0) is 30.4 Å². The van der Waals surface area contributed by atoms with E-state index in [1.54, 1.807) is 28.0 Å². The summed E-state index contributed by atoms with van der Waals surface area (Å²) in [6, 6.07) is 3.95. The highest BCUT2D eigenvalue weighted by atomic mass is 32.2. The van der Waals surface area contributed by atoms with Crippen LogP contribution in [0.5, 0.6) is 0 Å². The summed E-state index contributed by atoms with van der Waals surface area (Å²) in [4.78, 5) is 31.9. The first-order valence-electron chi connectivity index (χ1n) is 8.39. The molecule has 2 aliphatic heterocycles. The Bertz CT molecular complexity index is 743.